The Hall–Kier alpha value is -2.37. The first-order chi connectivity index (χ1) is 12.6. The average molecular weight is 370 g/mol. The molecular weight excluding hydrogens is 350 g/mol. The zero-order valence-corrected chi connectivity index (χ0v) is 15.3. The maximum absolute atomic E-state index is 12.4. The summed E-state index contributed by atoms with van der Waals surface area (Å²) in [6.07, 6.45) is 3.95. The molecule has 1 aliphatic rings. The molecule has 6 heteroatoms. The molecule has 0 aliphatic carbocycles. The molecule has 1 N–H and O–H groups in total. The number of halogens is 1. The van der Waals surface area contributed by atoms with Crippen LogP contribution in [0.1, 0.15) is 28.8 Å². The lowest BCUT2D eigenvalue weighted by Crippen LogP contribution is -2.31. The topological polar surface area (TPSA) is 56.2 Å². The summed E-state index contributed by atoms with van der Waals surface area (Å²) in [6, 6.07) is 11.5. The first-order valence-electron chi connectivity index (χ1n) is 8.75. The van der Waals surface area contributed by atoms with Crippen molar-refractivity contribution < 1.29 is 9.53 Å². The van der Waals surface area contributed by atoms with Crippen LogP contribution in [0.2, 0.25) is 5.02 Å². The molecule has 0 spiro atoms. The van der Waals surface area contributed by atoms with E-state index in [0.29, 0.717) is 12.1 Å². The van der Waals surface area contributed by atoms with E-state index in [9.17, 15) is 4.79 Å². The number of aromatic nitrogens is 2. The van der Waals surface area contributed by atoms with Gasteiger partial charge in [0.1, 0.15) is 6.33 Å². The quantitative estimate of drug-likeness (QED) is 0.758. The zero-order valence-electron chi connectivity index (χ0n) is 14.5. The normalized spacial score (nSPS) is 16.9. The van der Waals surface area contributed by atoms with Crippen LogP contribution in [0.4, 0.5) is 0 Å². The highest BCUT2D eigenvalue weighted by Crippen LogP contribution is 2.23. The number of nitrogens with zero attached hydrogens (tertiary/aromatic N) is 2. The van der Waals surface area contributed by atoms with E-state index in [2.05, 4.69) is 10.3 Å². The van der Waals surface area contributed by atoms with Crippen LogP contribution in [-0.2, 0) is 4.74 Å². The summed E-state index contributed by atoms with van der Waals surface area (Å²) in [5.74, 6) is -0.102. The van der Waals surface area contributed by atoms with Crippen LogP contribution < -0.4 is 5.32 Å². The zero-order chi connectivity index (χ0) is 18.1. The fraction of sp³-hybridized carbons (Fsp3) is 0.300. The van der Waals surface area contributed by atoms with Crippen LogP contribution in [0.15, 0.2) is 42.7 Å². The van der Waals surface area contributed by atoms with Gasteiger partial charge < -0.3 is 10.1 Å². The molecule has 1 fully saturated rings. The number of rotatable bonds is 4. The minimum absolute atomic E-state index is 0.102. The molecule has 1 amide bonds. The molecule has 0 saturated carbocycles. The predicted molar refractivity (Wildman–Crippen MR) is 102 cm³/mol. The highest BCUT2D eigenvalue weighted by atomic mass is 35.5. The Morgan fingerprint density at radius 3 is 3.00 bits per heavy atom. The molecule has 2 aromatic carbocycles. The Labute approximate surface area is 156 Å². The number of nitrogens with one attached hydrogen (secondary N) is 1. The van der Waals surface area contributed by atoms with Crippen LogP contribution in [0.3, 0.4) is 0 Å². The van der Waals surface area contributed by atoms with E-state index < -0.39 is 0 Å². The van der Waals surface area contributed by atoms with Crippen molar-refractivity contribution in [2.75, 3.05) is 13.2 Å². The predicted octanol–water partition coefficient (Wildman–Crippen LogP) is 3.90. The number of hydrogen-bond donors (Lipinski definition) is 1. The van der Waals surface area contributed by atoms with Gasteiger partial charge in [0.05, 0.1) is 17.1 Å². The third-order valence-corrected chi connectivity index (χ3v) is 5.16. The number of carbonyl (C=O) groups excluding carboxylic acids is 1. The van der Waals surface area contributed by atoms with Gasteiger partial charge in [0.2, 0.25) is 0 Å². The van der Waals surface area contributed by atoms with Crippen LogP contribution >= 0.6 is 11.6 Å². The Kier molecular flexibility index (Phi) is 4.66. The first-order valence-corrected chi connectivity index (χ1v) is 9.13. The summed E-state index contributed by atoms with van der Waals surface area (Å²) in [5.41, 5.74) is 4.28. The van der Waals surface area contributed by atoms with Crippen molar-refractivity contribution in [1.82, 2.24) is 14.9 Å². The highest BCUT2D eigenvalue weighted by Gasteiger charge is 2.17. The maximum atomic E-state index is 12.4. The molecule has 1 aromatic heterocycles. The summed E-state index contributed by atoms with van der Waals surface area (Å²) in [7, 11) is 0. The summed E-state index contributed by atoms with van der Waals surface area (Å²) in [4.78, 5) is 16.8. The molecule has 5 nitrogen and oxygen atoms in total. The van der Waals surface area contributed by atoms with Gasteiger partial charge in [-0.25, -0.2) is 4.98 Å². The van der Waals surface area contributed by atoms with Gasteiger partial charge in [0.15, 0.2) is 0 Å². The number of aryl methyl sites for hydroxylation is 1. The number of amides is 1. The Bertz CT molecular complexity index is 961. The van der Waals surface area contributed by atoms with E-state index in [1.807, 2.05) is 47.9 Å². The number of hydrogen-bond acceptors (Lipinski definition) is 3. The first kappa shape index (κ1) is 17.1. The lowest BCUT2D eigenvalue weighted by molar-refractivity contribution is 0.0858. The largest absolute Gasteiger partial charge is 0.376 e. The van der Waals surface area contributed by atoms with Gasteiger partial charge in [0, 0.05) is 29.4 Å². The number of benzene rings is 2. The lowest BCUT2D eigenvalue weighted by Gasteiger charge is -2.11. The Morgan fingerprint density at radius 1 is 1.35 bits per heavy atom. The van der Waals surface area contributed by atoms with E-state index in [1.165, 1.54) is 0 Å². The summed E-state index contributed by atoms with van der Waals surface area (Å²) in [6.45, 7) is 3.31. The monoisotopic (exact) mass is 369 g/mol. The highest BCUT2D eigenvalue weighted by molar-refractivity contribution is 6.31. The summed E-state index contributed by atoms with van der Waals surface area (Å²) < 4.78 is 7.51. The molecule has 0 radical (unpaired) electrons. The second-order valence-corrected chi connectivity index (χ2v) is 7.00. The Balaban J connectivity index is 1.56. The van der Waals surface area contributed by atoms with Crippen molar-refractivity contribution >= 4 is 28.5 Å². The molecule has 3 aromatic rings. The molecule has 0 bridgehead atoms. The van der Waals surface area contributed by atoms with Crippen molar-refractivity contribution in [1.29, 1.82) is 0 Å². The second kappa shape index (κ2) is 7.09. The number of carbonyl (C=O) groups is 1. The minimum atomic E-state index is -0.102. The number of fused-ring (bicyclic) bond motifs is 1. The van der Waals surface area contributed by atoms with E-state index in [1.54, 1.807) is 6.33 Å². The van der Waals surface area contributed by atoms with Crippen molar-refractivity contribution in [2.45, 2.75) is 25.9 Å². The molecular formula is C20H20ClN3O2. The molecule has 26 heavy (non-hydrogen) atoms. The molecule has 4 rings (SSSR count). The third kappa shape index (κ3) is 3.32. The van der Waals surface area contributed by atoms with Gasteiger partial charge in [-0.1, -0.05) is 17.7 Å². The second-order valence-electron chi connectivity index (χ2n) is 6.60. The molecule has 1 aliphatic heterocycles. The van der Waals surface area contributed by atoms with Gasteiger partial charge in [-0.05, 0) is 55.7 Å². The van der Waals surface area contributed by atoms with E-state index >= 15 is 0 Å². The van der Waals surface area contributed by atoms with Gasteiger partial charge in [-0.3, -0.25) is 9.36 Å². The lowest BCUT2D eigenvalue weighted by atomic mass is 10.1. The van der Waals surface area contributed by atoms with Crippen molar-refractivity contribution in [3.05, 3.63) is 58.9 Å². The summed E-state index contributed by atoms with van der Waals surface area (Å²) >= 11 is 6.24. The van der Waals surface area contributed by atoms with Crippen LogP contribution in [-0.4, -0.2) is 34.7 Å². The minimum Gasteiger partial charge on any atom is -0.376 e. The van der Waals surface area contributed by atoms with E-state index in [4.69, 9.17) is 16.3 Å². The van der Waals surface area contributed by atoms with Gasteiger partial charge in [-0.15, -0.1) is 0 Å². The number of imidazole rings is 1. The molecule has 134 valence electrons. The molecule has 1 saturated heterocycles. The van der Waals surface area contributed by atoms with Gasteiger partial charge >= 0.3 is 0 Å². The standard InChI is InChI=1S/C20H20ClN3O2/c1-13-4-6-15(10-17(13)21)24-12-23-18-9-14(5-7-19(18)24)20(25)22-11-16-3-2-8-26-16/h4-7,9-10,12,16H,2-3,8,11H2,1H3,(H,22,25). The van der Waals surface area contributed by atoms with Crippen molar-refractivity contribution in [3.63, 3.8) is 0 Å². The maximum Gasteiger partial charge on any atom is 0.251 e. The van der Waals surface area contributed by atoms with Gasteiger partial charge in [-0.2, -0.15) is 0 Å². The van der Waals surface area contributed by atoms with Crippen molar-refractivity contribution in [2.24, 2.45) is 0 Å². The fourth-order valence-corrected chi connectivity index (χ4v) is 3.38. The SMILES string of the molecule is Cc1ccc(-n2cnc3cc(C(=O)NCC4CCCO4)ccc32)cc1Cl. The number of ether oxygens (including phenoxy) is 1. The van der Waals surface area contributed by atoms with Crippen LogP contribution in [0, 0.1) is 6.92 Å². The van der Waals surface area contributed by atoms with Crippen LogP contribution in [0.25, 0.3) is 16.7 Å². The van der Waals surface area contributed by atoms with Crippen LogP contribution in [0.5, 0.6) is 0 Å². The fourth-order valence-electron chi connectivity index (χ4n) is 3.21. The smallest absolute Gasteiger partial charge is 0.251 e. The summed E-state index contributed by atoms with van der Waals surface area (Å²) in [5, 5.41) is 3.66. The molecule has 1 unspecified atom stereocenters. The van der Waals surface area contributed by atoms with Gasteiger partial charge in [0.25, 0.3) is 5.91 Å². The Morgan fingerprint density at radius 2 is 2.23 bits per heavy atom. The van der Waals surface area contributed by atoms with Crippen molar-refractivity contribution in [3.8, 4) is 5.69 Å². The van der Waals surface area contributed by atoms with E-state index in [0.717, 1.165) is 46.8 Å². The third-order valence-electron chi connectivity index (χ3n) is 4.76. The van der Waals surface area contributed by atoms with E-state index in [-0.39, 0.29) is 12.0 Å². The average Bonchev–Trinajstić information content (AvgIpc) is 3.31. The molecule has 1 atom stereocenters. The molecule has 2 heterocycles.